The molecule has 3 aromatic heterocycles. The van der Waals surface area contributed by atoms with E-state index >= 15 is 0 Å². The first-order valence-corrected chi connectivity index (χ1v) is 12.2. The molecule has 5 heterocycles. The fourth-order valence-corrected chi connectivity index (χ4v) is 5.72. The molecule has 3 aromatic rings. The lowest BCUT2D eigenvalue weighted by atomic mass is 9.95. The summed E-state index contributed by atoms with van der Waals surface area (Å²) in [5.41, 5.74) is 2.80. The van der Waals surface area contributed by atoms with Crippen molar-refractivity contribution in [2.24, 2.45) is 0 Å². The molecule has 1 amide bonds. The average molecular weight is 441 g/mol. The standard InChI is InChI=1S/C22H24N4O2S2/c27-21-17-13-26(22(28)19-2-1-10-30-19)9-5-18(17)23-20(24-21)16-3-7-25(8-4-16)12-15-6-11-29-14-15/h1-2,6,10-11,14,16H,3-5,7-9,12-13H2,(H,23,24,27). The molecule has 0 bridgehead atoms. The van der Waals surface area contributed by atoms with Gasteiger partial charge in [0.2, 0.25) is 0 Å². The predicted octanol–water partition coefficient (Wildman–Crippen LogP) is 3.47. The number of nitrogens with zero attached hydrogens (tertiary/aromatic N) is 3. The first-order valence-electron chi connectivity index (χ1n) is 10.4. The normalized spacial score (nSPS) is 17.8. The van der Waals surface area contributed by atoms with E-state index in [4.69, 9.17) is 4.98 Å². The summed E-state index contributed by atoms with van der Waals surface area (Å²) in [7, 11) is 0. The summed E-state index contributed by atoms with van der Waals surface area (Å²) in [5.74, 6) is 1.12. The number of hydrogen-bond donors (Lipinski definition) is 1. The Bertz CT molecular complexity index is 1070. The number of carbonyl (C=O) groups is 1. The van der Waals surface area contributed by atoms with Gasteiger partial charge in [-0.05, 0) is 59.8 Å². The van der Waals surface area contributed by atoms with Crippen LogP contribution in [0.2, 0.25) is 0 Å². The number of likely N-dealkylation sites (tertiary alicyclic amines) is 1. The molecular weight excluding hydrogens is 416 g/mol. The van der Waals surface area contributed by atoms with E-state index < -0.39 is 0 Å². The van der Waals surface area contributed by atoms with Gasteiger partial charge in [-0.3, -0.25) is 14.5 Å². The first kappa shape index (κ1) is 19.7. The highest BCUT2D eigenvalue weighted by atomic mass is 32.1. The van der Waals surface area contributed by atoms with E-state index in [0.29, 0.717) is 35.9 Å². The third-order valence-electron chi connectivity index (χ3n) is 6.07. The fourth-order valence-electron chi connectivity index (χ4n) is 4.37. The second-order valence-corrected chi connectivity index (χ2v) is 9.74. The van der Waals surface area contributed by atoms with Crippen molar-refractivity contribution in [3.05, 3.63) is 72.2 Å². The first-order chi connectivity index (χ1) is 14.7. The number of aromatic amines is 1. The summed E-state index contributed by atoms with van der Waals surface area (Å²) in [5, 5.41) is 6.23. The molecule has 0 saturated carbocycles. The Morgan fingerprint density at radius 2 is 2.07 bits per heavy atom. The number of H-pyrrole nitrogens is 1. The van der Waals surface area contributed by atoms with E-state index in [0.717, 1.165) is 44.0 Å². The van der Waals surface area contributed by atoms with E-state index in [1.54, 1.807) is 16.2 Å². The zero-order valence-corrected chi connectivity index (χ0v) is 18.3. The summed E-state index contributed by atoms with van der Waals surface area (Å²) in [4.78, 5) is 38.3. The number of thiophene rings is 2. The number of rotatable bonds is 4. The molecule has 1 fully saturated rings. The van der Waals surface area contributed by atoms with Crippen LogP contribution >= 0.6 is 22.7 Å². The zero-order valence-electron chi connectivity index (χ0n) is 16.7. The average Bonchev–Trinajstić information content (AvgIpc) is 3.48. The van der Waals surface area contributed by atoms with E-state index in [2.05, 4.69) is 26.7 Å². The van der Waals surface area contributed by atoms with Gasteiger partial charge in [0, 0.05) is 25.4 Å². The van der Waals surface area contributed by atoms with Crippen molar-refractivity contribution < 1.29 is 4.79 Å². The largest absolute Gasteiger partial charge is 0.333 e. The lowest BCUT2D eigenvalue weighted by Gasteiger charge is -2.32. The number of carbonyl (C=O) groups excluding carboxylic acids is 1. The van der Waals surface area contributed by atoms with E-state index in [9.17, 15) is 9.59 Å². The Balaban J connectivity index is 1.26. The molecule has 0 radical (unpaired) electrons. The minimum atomic E-state index is -0.0839. The molecule has 0 aromatic carbocycles. The highest BCUT2D eigenvalue weighted by molar-refractivity contribution is 7.12. The Labute approximate surface area is 183 Å². The van der Waals surface area contributed by atoms with Crippen LogP contribution in [0.4, 0.5) is 0 Å². The summed E-state index contributed by atoms with van der Waals surface area (Å²) in [6, 6.07) is 5.90. The van der Waals surface area contributed by atoms with Crippen molar-refractivity contribution >= 4 is 28.6 Å². The molecular formula is C22H24N4O2S2. The number of hydrogen-bond acceptors (Lipinski definition) is 6. The van der Waals surface area contributed by atoms with Gasteiger partial charge < -0.3 is 9.88 Å². The van der Waals surface area contributed by atoms with E-state index in [1.807, 2.05) is 17.5 Å². The maximum Gasteiger partial charge on any atom is 0.264 e. The van der Waals surface area contributed by atoms with Gasteiger partial charge in [0.15, 0.2) is 0 Å². The lowest BCUT2D eigenvalue weighted by molar-refractivity contribution is 0.0737. The molecule has 0 unspecified atom stereocenters. The number of fused-ring (bicyclic) bond motifs is 1. The number of piperidine rings is 1. The van der Waals surface area contributed by atoms with Crippen LogP contribution in [0.1, 0.15) is 51.1 Å². The molecule has 2 aliphatic rings. The highest BCUT2D eigenvalue weighted by Gasteiger charge is 2.28. The maximum atomic E-state index is 12.8. The van der Waals surface area contributed by atoms with Gasteiger partial charge in [-0.2, -0.15) is 11.3 Å². The molecule has 0 atom stereocenters. The number of aromatic nitrogens is 2. The predicted molar refractivity (Wildman–Crippen MR) is 119 cm³/mol. The minimum absolute atomic E-state index is 0.00267. The van der Waals surface area contributed by atoms with Gasteiger partial charge >= 0.3 is 0 Å². The van der Waals surface area contributed by atoms with Crippen LogP contribution in [0.3, 0.4) is 0 Å². The fraction of sp³-hybridized carbons (Fsp3) is 0.409. The Morgan fingerprint density at radius 1 is 1.20 bits per heavy atom. The van der Waals surface area contributed by atoms with Crippen LogP contribution in [-0.2, 0) is 19.5 Å². The van der Waals surface area contributed by atoms with Gasteiger partial charge in [0.05, 0.1) is 22.7 Å². The Kier molecular flexibility index (Phi) is 5.54. The quantitative estimate of drug-likeness (QED) is 0.675. The van der Waals surface area contributed by atoms with Crippen molar-refractivity contribution in [3.63, 3.8) is 0 Å². The van der Waals surface area contributed by atoms with Crippen LogP contribution in [0.5, 0.6) is 0 Å². The summed E-state index contributed by atoms with van der Waals surface area (Å²) in [6.07, 6.45) is 2.66. The third kappa shape index (κ3) is 3.99. The van der Waals surface area contributed by atoms with Crippen molar-refractivity contribution in [1.29, 1.82) is 0 Å². The van der Waals surface area contributed by atoms with Gasteiger partial charge in [-0.15, -0.1) is 11.3 Å². The molecule has 5 rings (SSSR count). The maximum absolute atomic E-state index is 12.8. The third-order valence-corrected chi connectivity index (χ3v) is 7.66. The van der Waals surface area contributed by atoms with Crippen LogP contribution in [0.15, 0.2) is 39.1 Å². The summed E-state index contributed by atoms with van der Waals surface area (Å²) in [6.45, 7) is 3.99. The van der Waals surface area contributed by atoms with Crippen molar-refractivity contribution in [3.8, 4) is 0 Å². The second kappa shape index (κ2) is 8.45. The van der Waals surface area contributed by atoms with Crippen molar-refractivity contribution in [1.82, 2.24) is 19.8 Å². The van der Waals surface area contributed by atoms with E-state index in [1.165, 1.54) is 16.9 Å². The second-order valence-electron chi connectivity index (χ2n) is 8.01. The van der Waals surface area contributed by atoms with Crippen LogP contribution in [0, 0.1) is 0 Å². The summed E-state index contributed by atoms with van der Waals surface area (Å²) >= 11 is 3.18. The van der Waals surface area contributed by atoms with E-state index in [-0.39, 0.29) is 11.5 Å². The Morgan fingerprint density at radius 3 is 2.80 bits per heavy atom. The molecule has 6 nitrogen and oxygen atoms in total. The molecule has 156 valence electrons. The van der Waals surface area contributed by atoms with Crippen molar-refractivity contribution in [2.45, 2.75) is 38.3 Å². The SMILES string of the molecule is O=C(c1cccs1)N1CCc2nc(C3CCN(Cc4ccsc4)CC3)[nH]c(=O)c2C1. The number of nitrogens with one attached hydrogen (secondary N) is 1. The molecule has 0 aliphatic carbocycles. The molecule has 8 heteroatoms. The smallest absolute Gasteiger partial charge is 0.264 e. The van der Waals surface area contributed by atoms with Gasteiger partial charge in [0.1, 0.15) is 5.82 Å². The minimum Gasteiger partial charge on any atom is -0.333 e. The molecule has 30 heavy (non-hydrogen) atoms. The highest BCUT2D eigenvalue weighted by Crippen LogP contribution is 2.27. The van der Waals surface area contributed by atoms with Crippen LogP contribution < -0.4 is 5.56 Å². The van der Waals surface area contributed by atoms with Gasteiger partial charge in [-0.25, -0.2) is 4.98 Å². The molecule has 1 N–H and O–H groups in total. The van der Waals surface area contributed by atoms with Crippen LogP contribution in [0.25, 0.3) is 0 Å². The molecule has 1 saturated heterocycles. The van der Waals surface area contributed by atoms with Gasteiger partial charge in [-0.1, -0.05) is 6.07 Å². The van der Waals surface area contributed by atoms with Crippen molar-refractivity contribution in [2.75, 3.05) is 19.6 Å². The molecule has 2 aliphatic heterocycles. The zero-order chi connectivity index (χ0) is 20.5. The molecule has 0 spiro atoms. The number of amides is 1. The van der Waals surface area contributed by atoms with Gasteiger partial charge in [0.25, 0.3) is 11.5 Å². The summed E-state index contributed by atoms with van der Waals surface area (Å²) < 4.78 is 0. The topological polar surface area (TPSA) is 69.3 Å². The van der Waals surface area contributed by atoms with Crippen LogP contribution in [-0.4, -0.2) is 45.3 Å². The Hall–Kier alpha value is -2.29. The monoisotopic (exact) mass is 440 g/mol. The lowest BCUT2D eigenvalue weighted by Crippen LogP contribution is -2.40.